The topological polar surface area (TPSA) is 47.8 Å². The summed E-state index contributed by atoms with van der Waals surface area (Å²) >= 11 is 0. The molecule has 0 aliphatic carbocycles. The Kier molecular flexibility index (Phi) is 5.75. The maximum Gasteiger partial charge on any atom is 0.140 e. The van der Waals surface area contributed by atoms with Crippen LogP contribution in [0.15, 0.2) is 6.33 Å². The number of nitrogens with zero attached hydrogens (tertiary/aromatic N) is 3. The lowest BCUT2D eigenvalue weighted by Crippen LogP contribution is -2.11. The Morgan fingerprint density at radius 2 is 2.12 bits per heavy atom. The number of hydrogen-bond donors (Lipinski definition) is 0. The highest BCUT2D eigenvalue weighted by atomic mass is 16.1. The second-order valence-corrected chi connectivity index (χ2v) is 4.07. The van der Waals surface area contributed by atoms with Gasteiger partial charge in [0.15, 0.2) is 0 Å². The number of rotatable bonds is 8. The summed E-state index contributed by atoms with van der Waals surface area (Å²) in [7, 11) is 0. The van der Waals surface area contributed by atoms with E-state index in [4.69, 9.17) is 0 Å². The fourth-order valence-electron chi connectivity index (χ4n) is 1.66. The monoisotopic (exact) mass is 223 g/mol. The molecule has 0 saturated heterocycles. The Bertz CT molecular complexity index is 320. The van der Waals surface area contributed by atoms with Crippen molar-refractivity contribution in [3.63, 3.8) is 0 Å². The lowest BCUT2D eigenvalue weighted by atomic mass is 10.1. The van der Waals surface area contributed by atoms with E-state index in [1.165, 1.54) is 6.33 Å². The normalized spacial score (nSPS) is 10.6. The van der Waals surface area contributed by atoms with Crippen molar-refractivity contribution in [2.75, 3.05) is 0 Å². The summed E-state index contributed by atoms with van der Waals surface area (Å²) in [6.07, 6.45) is 6.94. The lowest BCUT2D eigenvalue weighted by Gasteiger charge is -2.03. The molecule has 0 N–H and O–H groups in total. The third-order valence-electron chi connectivity index (χ3n) is 2.55. The predicted molar refractivity (Wildman–Crippen MR) is 63.2 cm³/mol. The minimum atomic E-state index is 0.277. The average molecular weight is 223 g/mol. The molecule has 0 aliphatic rings. The van der Waals surface area contributed by atoms with E-state index in [0.29, 0.717) is 12.8 Å². The molecule has 0 radical (unpaired) electrons. The van der Waals surface area contributed by atoms with Gasteiger partial charge < -0.3 is 0 Å². The fraction of sp³-hybridized carbons (Fsp3) is 0.750. The second kappa shape index (κ2) is 7.14. The van der Waals surface area contributed by atoms with E-state index in [-0.39, 0.29) is 5.78 Å². The number of ketones is 1. The molecule has 0 amide bonds. The summed E-state index contributed by atoms with van der Waals surface area (Å²) in [6.45, 7) is 5.08. The van der Waals surface area contributed by atoms with E-state index in [9.17, 15) is 4.79 Å². The van der Waals surface area contributed by atoms with Crippen molar-refractivity contribution in [1.29, 1.82) is 0 Å². The molecule has 0 fully saturated rings. The van der Waals surface area contributed by atoms with Crippen LogP contribution in [0.25, 0.3) is 0 Å². The van der Waals surface area contributed by atoms with Gasteiger partial charge in [-0.3, -0.25) is 4.79 Å². The maximum absolute atomic E-state index is 11.7. The first-order valence-corrected chi connectivity index (χ1v) is 6.16. The van der Waals surface area contributed by atoms with Crippen LogP contribution in [0, 0.1) is 0 Å². The summed E-state index contributed by atoms with van der Waals surface area (Å²) in [6, 6.07) is 0. The molecule has 0 aromatic carbocycles. The van der Waals surface area contributed by atoms with E-state index >= 15 is 0 Å². The van der Waals surface area contributed by atoms with Crippen LogP contribution in [-0.2, 0) is 17.8 Å². The van der Waals surface area contributed by atoms with Gasteiger partial charge in [-0.1, -0.05) is 26.7 Å². The molecule has 1 aromatic heterocycles. The zero-order valence-electron chi connectivity index (χ0n) is 10.3. The van der Waals surface area contributed by atoms with Crippen molar-refractivity contribution in [3.8, 4) is 0 Å². The zero-order chi connectivity index (χ0) is 11.8. The van der Waals surface area contributed by atoms with Gasteiger partial charge in [-0.25, -0.2) is 9.67 Å². The van der Waals surface area contributed by atoms with Crippen LogP contribution in [0.5, 0.6) is 0 Å². The zero-order valence-corrected chi connectivity index (χ0v) is 10.3. The van der Waals surface area contributed by atoms with Crippen LogP contribution in [0.2, 0.25) is 0 Å². The van der Waals surface area contributed by atoms with E-state index in [1.807, 2.05) is 4.68 Å². The van der Waals surface area contributed by atoms with Crippen LogP contribution in [0.4, 0.5) is 0 Å². The van der Waals surface area contributed by atoms with Gasteiger partial charge >= 0.3 is 0 Å². The second-order valence-electron chi connectivity index (χ2n) is 4.07. The Labute approximate surface area is 97.1 Å². The number of aryl methyl sites for hydroxylation is 1. The SMILES string of the molecule is CCCCCC(=O)Cc1ncnn1CCC. The summed E-state index contributed by atoms with van der Waals surface area (Å²) in [4.78, 5) is 15.8. The highest BCUT2D eigenvalue weighted by molar-refractivity contribution is 5.80. The van der Waals surface area contributed by atoms with E-state index < -0.39 is 0 Å². The Balaban J connectivity index is 2.39. The molecule has 1 aromatic rings. The average Bonchev–Trinajstić information content (AvgIpc) is 2.67. The highest BCUT2D eigenvalue weighted by Crippen LogP contribution is 2.04. The molecule has 1 rings (SSSR count). The minimum Gasteiger partial charge on any atom is -0.299 e. The Morgan fingerprint density at radius 3 is 2.81 bits per heavy atom. The minimum absolute atomic E-state index is 0.277. The quantitative estimate of drug-likeness (QED) is 0.636. The van der Waals surface area contributed by atoms with Gasteiger partial charge in [-0.15, -0.1) is 0 Å². The standard InChI is InChI=1S/C12H21N3O/c1-3-5-6-7-11(16)9-12-13-10-14-15(12)8-4-2/h10H,3-9H2,1-2H3. The molecule has 0 unspecified atom stereocenters. The lowest BCUT2D eigenvalue weighted by molar-refractivity contribution is -0.118. The van der Waals surface area contributed by atoms with Gasteiger partial charge in [0.1, 0.15) is 17.9 Å². The van der Waals surface area contributed by atoms with Gasteiger partial charge in [-0.2, -0.15) is 5.10 Å². The summed E-state index contributed by atoms with van der Waals surface area (Å²) in [5.41, 5.74) is 0. The van der Waals surface area contributed by atoms with E-state index in [0.717, 1.165) is 38.1 Å². The molecule has 0 atom stereocenters. The number of hydrogen-bond acceptors (Lipinski definition) is 3. The third kappa shape index (κ3) is 4.13. The third-order valence-corrected chi connectivity index (χ3v) is 2.55. The molecule has 1 heterocycles. The van der Waals surface area contributed by atoms with Crippen molar-refractivity contribution < 1.29 is 4.79 Å². The molecular weight excluding hydrogens is 202 g/mol. The van der Waals surface area contributed by atoms with Crippen molar-refractivity contribution in [2.45, 2.75) is 58.9 Å². The van der Waals surface area contributed by atoms with Crippen molar-refractivity contribution in [1.82, 2.24) is 14.8 Å². The van der Waals surface area contributed by atoms with Gasteiger partial charge in [0.2, 0.25) is 0 Å². The van der Waals surface area contributed by atoms with Crippen molar-refractivity contribution in [2.24, 2.45) is 0 Å². The molecule has 4 heteroatoms. The number of carbonyl (C=O) groups excluding carboxylic acids is 1. The van der Waals surface area contributed by atoms with Gasteiger partial charge in [0, 0.05) is 13.0 Å². The Morgan fingerprint density at radius 1 is 1.31 bits per heavy atom. The number of carbonyl (C=O) groups is 1. The molecule has 0 aliphatic heterocycles. The van der Waals surface area contributed by atoms with E-state index in [1.54, 1.807) is 0 Å². The Hall–Kier alpha value is -1.19. The predicted octanol–water partition coefficient (Wildman–Crippen LogP) is 2.38. The molecular formula is C12H21N3O. The number of unbranched alkanes of at least 4 members (excludes halogenated alkanes) is 2. The van der Waals surface area contributed by atoms with Gasteiger partial charge in [0.25, 0.3) is 0 Å². The van der Waals surface area contributed by atoms with Crippen LogP contribution in [0.1, 0.15) is 51.8 Å². The van der Waals surface area contributed by atoms with Crippen molar-refractivity contribution >= 4 is 5.78 Å². The fourth-order valence-corrected chi connectivity index (χ4v) is 1.66. The van der Waals surface area contributed by atoms with Crippen LogP contribution < -0.4 is 0 Å². The van der Waals surface area contributed by atoms with Gasteiger partial charge in [-0.05, 0) is 12.8 Å². The summed E-state index contributed by atoms with van der Waals surface area (Å²) in [5.74, 6) is 1.09. The molecule has 4 nitrogen and oxygen atoms in total. The molecule has 90 valence electrons. The van der Waals surface area contributed by atoms with Gasteiger partial charge in [0.05, 0.1) is 6.42 Å². The smallest absolute Gasteiger partial charge is 0.140 e. The molecule has 16 heavy (non-hydrogen) atoms. The first-order chi connectivity index (χ1) is 7.77. The van der Waals surface area contributed by atoms with E-state index in [2.05, 4.69) is 23.9 Å². The number of Topliss-reactive ketones (excluding diaryl/α,β-unsaturated/α-hetero) is 1. The summed E-state index contributed by atoms with van der Waals surface area (Å²) < 4.78 is 1.83. The largest absolute Gasteiger partial charge is 0.299 e. The molecule has 0 spiro atoms. The highest BCUT2D eigenvalue weighted by Gasteiger charge is 2.09. The number of aromatic nitrogens is 3. The van der Waals surface area contributed by atoms with Crippen LogP contribution >= 0.6 is 0 Å². The first-order valence-electron chi connectivity index (χ1n) is 6.16. The van der Waals surface area contributed by atoms with Crippen LogP contribution in [-0.4, -0.2) is 20.5 Å². The summed E-state index contributed by atoms with van der Waals surface area (Å²) in [5, 5.41) is 4.11. The molecule has 0 bridgehead atoms. The molecule has 0 saturated carbocycles. The maximum atomic E-state index is 11.7. The first kappa shape index (κ1) is 12.9. The van der Waals surface area contributed by atoms with Crippen molar-refractivity contribution in [3.05, 3.63) is 12.2 Å². The van der Waals surface area contributed by atoms with Crippen LogP contribution in [0.3, 0.4) is 0 Å².